The SMILES string of the molecule is CCC(c1nnnn1Cc1ccc(F)cc1)N(Cc1ccc(C)cc1)Cc1cc2cc(C)c(C)cc2[nH]c1=O. The average molecular weight is 525 g/mol. The number of aromatic nitrogens is 5. The second-order valence-electron chi connectivity index (χ2n) is 10.3. The van der Waals surface area contributed by atoms with Crippen LogP contribution in [0, 0.1) is 26.6 Å². The van der Waals surface area contributed by atoms with Crippen LogP contribution in [0.5, 0.6) is 0 Å². The Morgan fingerprint density at radius 1 is 0.923 bits per heavy atom. The summed E-state index contributed by atoms with van der Waals surface area (Å²) in [5.41, 5.74) is 7.00. The lowest BCUT2D eigenvalue weighted by Gasteiger charge is -2.30. The molecule has 0 amide bonds. The zero-order valence-corrected chi connectivity index (χ0v) is 22.8. The van der Waals surface area contributed by atoms with Crippen molar-refractivity contribution in [2.45, 2.75) is 59.8 Å². The first-order chi connectivity index (χ1) is 18.8. The summed E-state index contributed by atoms with van der Waals surface area (Å²) in [4.78, 5) is 18.6. The standard InChI is InChI=1S/C31H33FN6O/c1-5-29(30-34-35-36-38(30)18-24-10-12-27(32)13-11-24)37(17-23-8-6-20(2)7-9-23)19-26-16-25-14-21(3)22(4)15-28(25)33-31(26)39/h6-16,29H,5,17-19H2,1-4H3,(H,33,39). The number of aromatic amines is 1. The number of hydrogen-bond donors (Lipinski definition) is 1. The molecule has 39 heavy (non-hydrogen) atoms. The lowest BCUT2D eigenvalue weighted by molar-refractivity contribution is 0.161. The Morgan fingerprint density at radius 3 is 2.33 bits per heavy atom. The fourth-order valence-corrected chi connectivity index (χ4v) is 4.99. The van der Waals surface area contributed by atoms with E-state index < -0.39 is 0 Å². The number of aryl methyl sites for hydroxylation is 3. The van der Waals surface area contributed by atoms with Crippen molar-refractivity contribution in [1.82, 2.24) is 30.1 Å². The van der Waals surface area contributed by atoms with Crippen LogP contribution in [0.1, 0.15) is 58.6 Å². The quantitative estimate of drug-likeness (QED) is 0.264. The molecule has 0 aliphatic heterocycles. The zero-order valence-electron chi connectivity index (χ0n) is 22.8. The van der Waals surface area contributed by atoms with Crippen molar-refractivity contribution in [3.8, 4) is 0 Å². The van der Waals surface area contributed by atoms with Crippen molar-refractivity contribution < 1.29 is 4.39 Å². The summed E-state index contributed by atoms with van der Waals surface area (Å²) in [5, 5.41) is 13.7. The van der Waals surface area contributed by atoms with Crippen molar-refractivity contribution in [2.75, 3.05) is 0 Å². The number of H-pyrrole nitrogens is 1. The maximum absolute atomic E-state index is 13.5. The molecule has 1 N–H and O–H groups in total. The van der Waals surface area contributed by atoms with Crippen LogP contribution in [0.3, 0.4) is 0 Å². The average Bonchev–Trinajstić information content (AvgIpc) is 3.36. The predicted octanol–water partition coefficient (Wildman–Crippen LogP) is 5.78. The summed E-state index contributed by atoms with van der Waals surface area (Å²) in [6, 6.07) is 20.8. The summed E-state index contributed by atoms with van der Waals surface area (Å²) in [5.74, 6) is 0.426. The van der Waals surface area contributed by atoms with E-state index in [-0.39, 0.29) is 17.4 Å². The van der Waals surface area contributed by atoms with Gasteiger partial charge < -0.3 is 4.98 Å². The molecule has 0 saturated heterocycles. The highest BCUT2D eigenvalue weighted by atomic mass is 19.1. The molecule has 0 aliphatic rings. The highest BCUT2D eigenvalue weighted by molar-refractivity contribution is 5.80. The van der Waals surface area contributed by atoms with Crippen molar-refractivity contribution in [3.05, 3.63) is 122 Å². The van der Waals surface area contributed by atoms with Gasteiger partial charge in [-0.05, 0) is 95.6 Å². The Labute approximate surface area is 227 Å². The number of benzene rings is 3. The molecule has 3 aromatic carbocycles. The third-order valence-corrected chi connectivity index (χ3v) is 7.35. The van der Waals surface area contributed by atoms with Crippen LogP contribution in [0.2, 0.25) is 0 Å². The summed E-state index contributed by atoms with van der Waals surface area (Å²) in [6.45, 7) is 9.76. The summed E-state index contributed by atoms with van der Waals surface area (Å²) in [7, 11) is 0. The third kappa shape index (κ3) is 5.96. The number of pyridine rings is 1. The summed E-state index contributed by atoms with van der Waals surface area (Å²) >= 11 is 0. The van der Waals surface area contributed by atoms with Crippen molar-refractivity contribution in [2.24, 2.45) is 0 Å². The lowest BCUT2D eigenvalue weighted by atomic mass is 10.0. The van der Waals surface area contributed by atoms with E-state index in [0.717, 1.165) is 34.0 Å². The van der Waals surface area contributed by atoms with Gasteiger partial charge in [0.05, 0.1) is 12.6 Å². The fraction of sp³-hybridized carbons (Fsp3) is 0.290. The molecular weight excluding hydrogens is 491 g/mol. The molecule has 2 heterocycles. The van der Waals surface area contributed by atoms with E-state index in [1.54, 1.807) is 16.8 Å². The smallest absolute Gasteiger partial charge is 0.252 e. The number of halogens is 1. The predicted molar refractivity (Wildman–Crippen MR) is 151 cm³/mol. The van der Waals surface area contributed by atoms with Gasteiger partial charge >= 0.3 is 0 Å². The summed E-state index contributed by atoms with van der Waals surface area (Å²) < 4.78 is 15.2. The van der Waals surface area contributed by atoms with Crippen LogP contribution in [-0.2, 0) is 19.6 Å². The minimum Gasteiger partial charge on any atom is -0.322 e. The topological polar surface area (TPSA) is 79.7 Å². The molecule has 0 aliphatic carbocycles. The lowest BCUT2D eigenvalue weighted by Crippen LogP contribution is -2.32. The second-order valence-corrected chi connectivity index (χ2v) is 10.3. The number of hydrogen-bond acceptors (Lipinski definition) is 5. The number of fused-ring (bicyclic) bond motifs is 1. The first kappa shape index (κ1) is 26.4. The minimum atomic E-state index is -0.280. The number of nitrogens with zero attached hydrogens (tertiary/aromatic N) is 5. The van der Waals surface area contributed by atoms with Gasteiger partial charge in [-0.15, -0.1) is 5.10 Å². The Balaban J connectivity index is 1.52. The highest BCUT2D eigenvalue weighted by Gasteiger charge is 2.26. The molecule has 5 rings (SSSR count). The van der Waals surface area contributed by atoms with Crippen molar-refractivity contribution in [1.29, 1.82) is 0 Å². The van der Waals surface area contributed by atoms with Crippen LogP contribution < -0.4 is 5.56 Å². The van der Waals surface area contributed by atoms with Crippen LogP contribution >= 0.6 is 0 Å². The zero-order chi connectivity index (χ0) is 27.5. The number of nitrogens with one attached hydrogen (secondary N) is 1. The van der Waals surface area contributed by atoms with Gasteiger partial charge in [-0.25, -0.2) is 9.07 Å². The Kier molecular flexibility index (Phi) is 7.65. The molecule has 8 heteroatoms. The van der Waals surface area contributed by atoms with Gasteiger partial charge in [0.15, 0.2) is 5.82 Å². The van der Waals surface area contributed by atoms with E-state index in [1.807, 2.05) is 19.1 Å². The van der Waals surface area contributed by atoms with Gasteiger partial charge in [0.1, 0.15) is 5.82 Å². The van der Waals surface area contributed by atoms with Gasteiger partial charge in [0, 0.05) is 24.2 Å². The monoisotopic (exact) mass is 524 g/mol. The first-order valence-electron chi connectivity index (χ1n) is 13.2. The first-order valence-corrected chi connectivity index (χ1v) is 13.2. The molecule has 5 aromatic rings. The molecule has 0 fully saturated rings. The molecular formula is C31H33FN6O. The van der Waals surface area contributed by atoms with Crippen LogP contribution in [-0.4, -0.2) is 30.1 Å². The highest BCUT2D eigenvalue weighted by Crippen LogP contribution is 2.27. The van der Waals surface area contributed by atoms with Gasteiger partial charge in [0.25, 0.3) is 5.56 Å². The molecule has 1 unspecified atom stereocenters. The van der Waals surface area contributed by atoms with Gasteiger partial charge in [-0.2, -0.15) is 0 Å². The maximum atomic E-state index is 13.5. The molecule has 1 atom stereocenters. The molecule has 0 spiro atoms. The normalized spacial score (nSPS) is 12.4. The van der Waals surface area contributed by atoms with E-state index >= 15 is 0 Å². The van der Waals surface area contributed by atoms with Crippen molar-refractivity contribution >= 4 is 10.9 Å². The van der Waals surface area contributed by atoms with Crippen LogP contribution in [0.15, 0.2) is 71.5 Å². The van der Waals surface area contributed by atoms with Crippen LogP contribution in [0.25, 0.3) is 10.9 Å². The Bertz CT molecular complexity index is 1640. The third-order valence-electron chi connectivity index (χ3n) is 7.35. The van der Waals surface area contributed by atoms with Crippen molar-refractivity contribution in [3.63, 3.8) is 0 Å². The largest absolute Gasteiger partial charge is 0.322 e. The van der Waals surface area contributed by atoms with E-state index in [2.05, 4.69) is 76.5 Å². The molecule has 0 bridgehead atoms. The molecule has 2 aromatic heterocycles. The molecule has 200 valence electrons. The molecule has 0 radical (unpaired) electrons. The molecule has 0 saturated carbocycles. The van der Waals surface area contributed by atoms with Gasteiger partial charge in [0.2, 0.25) is 0 Å². The van der Waals surface area contributed by atoms with E-state index in [0.29, 0.717) is 31.0 Å². The van der Waals surface area contributed by atoms with Crippen LogP contribution in [0.4, 0.5) is 4.39 Å². The number of tetrazole rings is 1. The van der Waals surface area contributed by atoms with Gasteiger partial charge in [-0.1, -0.05) is 48.9 Å². The second kappa shape index (κ2) is 11.3. The minimum absolute atomic E-state index is 0.0968. The fourth-order valence-electron chi connectivity index (χ4n) is 4.99. The van der Waals surface area contributed by atoms with E-state index in [9.17, 15) is 9.18 Å². The van der Waals surface area contributed by atoms with E-state index in [4.69, 9.17) is 0 Å². The number of rotatable bonds is 9. The summed E-state index contributed by atoms with van der Waals surface area (Å²) in [6.07, 6.45) is 0.736. The Morgan fingerprint density at radius 2 is 1.62 bits per heavy atom. The Hall–Kier alpha value is -4.17. The van der Waals surface area contributed by atoms with Gasteiger partial charge in [-0.3, -0.25) is 9.69 Å². The maximum Gasteiger partial charge on any atom is 0.252 e. The molecule has 7 nitrogen and oxygen atoms in total. The van der Waals surface area contributed by atoms with E-state index in [1.165, 1.54) is 23.3 Å².